The molecule has 0 aliphatic carbocycles. The zero-order valence-electron chi connectivity index (χ0n) is 16.5. The maximum atomic E-state index is 13.2. The van der Waals surface area contributed by atoms with Gasteiger partial charge in [0.05, 0.1) is 16.1 Å². The number of rotatable bonds is 5. The van der Waals surface area contributed by atoms with Crippen LogP contribution in [0.3, 0.4) is 0 Å². The second kappa shape index (κ2) is 8.37. The zero-order valence-corrected chi connectivity index (χ0v) is 18.1. The van der Waals surface area contributed by atoms with E-state index in [0.29, 0.717) is 32.8 Å². The summed E-state index contributed by atoms with van der Waals surface area (Å²) in [7, 11) is -3.80. The Morgan fingerprint density at radius 3 is 2.42 bits per heavy atom. The van der Waals surface area contributed by atoms with Crippen molar-refractivity contribution in [3.05, 3.63) is 101 Å². The van der Waals surface area contributed by atoms with Crippen LogP contribution < -0.4 is 5.43 Å². The van der Waals surface area contributed by atoms with Crippen molar-refractivity contribution < 1.29 is 13.2 Å². The normalized spacial score (nSPS) is 12.1. The fraction of sp³-hybridized carbons (Fsp3) is 0.0435. The van der Waals surface area contributed by atoms with E-state index in [4.69, 9.17) is 11.6 Å². The van der Waals surface area contributed by atoms with Crippen LogP contribution in [0.25, 0.3) is 10.9 Å². The SMILES string of the molecule is C/C(=N\NC(=O)c1cccc(Cl)c1)c1cn(S(=O)(=O)c2ccccc2)c2ccccc12. The van der Waals surface area contributed by atoms with Gasteiger partial charge in [-0.25, -0.2) is 17.8 Å². The zero-order chi connectivity index (χ0) is 22.0. The molecule has 1 heterocycles. The van der Waals surface area contributed by atoms with Gasteiger partial charge in [-0.15, -0.1) is 0 Å². The average molecular weight is 452 g/mol. The number of halogens is 1. The molecule has 3 aromatic carbocycles. The summed E-state index contributed by atoms with van der Waals surface area (Å²) in [5, 5.41) is 5.34. The highest BCUT2D eigenvalue weighted by molar-refractivity contribution is 7.90. The number of nitrogens with zero attached hydrogens (tertiary/aromatic N) is 2. The highest BCUT2D eigenvalue weighted by Gasteiger charge is 2.21. The Morgan fingerprint density at radius 2 is 1.68 bits per heavy atom. The fourth-order valence-corrected chi connectivity index (χ4v) is 4.81. The largest absolute Gasteiger partial charge is 0.271 e. The molecule has 0 aliphatic heterocycles. The topological polar surface area (TPSA) is 80.5 Å². The summed E-state index contributed by atoms with van der Waals surface area (Å²) in [5.41, 5.74) is 4.46. The molecule has 4 rings (SSSR count). The second-order valence-corrected chi connectivity index (χ2v) is 9.07. The predicted molar refractivity (Wildman–Crippen MR) is 122 cm³/mol. The number of hydrogen-bond donors (Lipinski definition) is 1. The van der Waals surface area contributed by atoms with E-state index in [2.05, 4.69) is 10.5 Å². The van der Waals surface area contributed by atoms with Crippen LogP contribution in [0.1, 0.15) is 22.8 Å². The summed E-state index contributed by atoms with van der Waals surface area (Å²) in [5.74, 6) is -0.414. The van der Waals surface area contributed by atoms with Crippen molar-refractivity contribution in [3.8, 4) is 0 Å². The number of aromatic nitrogens is 1. The van der Waals surface area contributed by atoms with E-state index < -0.39 is 15.9 Å². The number of para-hydroxylation sites is 1. The molecular formula is C23H18ClN3O3S. The third-order valence-corrected chi connectivity index (χ3v) is 6.70. The Hall–Kier alpha value is -3.42. The Balaban J connectivity index is 1.73. The van der Waals surface area contributed by atoms with E-state index in [1.165, 1.54) is 10.2 Å². The minimum absolute atomic E-state index is 0.186. The van der Waals surface area contributed by atoms with E-state index in [-0.39, 0.29) is 4.90 Å². The molecule has 6 nitrogen and oxygen atoms in total. The molecule has 0 atom stereocenters. The number of amides is 1. The third-order valence-electron chi connectivity index (χ3n) is 4.78. The Kier molecular flexibility index (Phi) is 5.63. The molecule has 31 heavy (non-hydrogen) atoms. The molecule has 4 aromatic rings. The van der Waals surface area contributed by atoms with Crippen LogP contribution in [0.5, 0.6) is 0 Å². The highest BCUT2D eigenvalue weighted by atomic mass is 35.5. The molecule has 0 saturated heterocycles. The van der Waals surface area contributed by atoms with Crippen molar-refractivity contribution in [1.82, 2.24) is 9.40 Å². The van der Waals surface area contributed by atoms with Crippen LogP contribution in [0.2, 0.25) is 5.02 Å². The first-order chi connectivity index (χ1) is 14.9. The van der Waals surface area contributed by atoms with Gasteiger partial charge in [0, 0.05) is 27.7 Å². The van der Waals surface area contributed by atoms with Gasteiger partial charge in [0.1, 0.15) is 0 Å². The number of hydrazone groups is 1. The van der Waals surface area contributed by atoms with E-state index in [9.17, 15) is 13.2 Å². The molecular weight excluding hydrogens is 434 g/mol. The summed E-state index contributed by atoms with van der Waals surface area (Å²) in [6.45, 7) is 1.71. The summed E-state index contributed by atoms with van der Waals surface area (Å²) in [4.78, 5) is 12.6. The number of fused-ring (bicyclic) bond motifs is 1. The van der Waals surface area contributed by atoms with Gasteiger partial charge in [0.25, 0.3) is 15.9 Å². The average Bonchev–Trinajstić information content (AvgIpc) is 3.18. The lowest BCUT2D eigenvalue weighted by molar-refractivity contribution is 0.0955. The van der Waals surface area contributed by atoms with E-state index in [1.807, 2.05) is 12.1 Å². The van der Waals surface area contributed by atoms with Crippen LogP contribution in [-0.4, -0.2) is 24.0 Å². The first-order valence-electron chi connectivity index (χ1n) is 9.39. The number of carbonyl (C=O) groups is 1. The molecule has 0 fully saturated rings. The van der Waals surface area contributed by atoms with Gasteiger partial charge in [-0.05, 0) is 43.3 Å². The summed E-state index contributed by atoms with van der Waals surface area (Å²) in [6.07, 6.45) is 1.53. The number of hydrogen-bond acceptors (Lipinski definition) is 4. The van der Waals surface area contributed by atoms with Crippen LogP contribution >= 0.6 is 11.6 Å². The van der Waals surface area contributed by atoms with Gasteiger partial charge < -0.3 is 0 Å². The van der Waals surface area contributed by atoms with Gasteiger partial charge in [0.15, 0.2) is 0 Å². The minimum atomic E-state index is -3.80. The van der Waals surface area contributed by atoms with Crippen LogP contribution in [0.4, 0.5) is 0 Å². The monoisotopic (exact) mass is 451 g/mol. The molecule has 1 amide bonds. The van der Waals surface area contributed by atoms with Crippen molar-refractivity contribution >= 4 is 44.1 Å². The highest BCUT2D eigenvalue weighted by Crippen LogP contribution is 2.26. The number of nitrogens with one attached hydrogen (secondary N) is 1. The van der Waals surface area contributed by atoms with Crippen LogP contribution in [-0.2, 0) is 10.0 Å². The van der Waals surface area contributed by atoms with Crippen molar-refractivity contribution in [2.24, 2.45) is 5.10 Å². The van der Waals surface area contributed by atoms with Crippen molar-refractivity contribution in [3.63, 3.8) is 0 Å². The summed E-state index contributed by atoms with van der Waals surface area (Å²) in [6, 6.07) is 21.9. The van der Waals surface area contributed by atoms with Crippen molar-refractivity contribution in [2.75, 3.05) is 0 Å². The molecule has 8 heteroatoms. The third kappa shape index (κ3) is 4.10. The molecule has 0 bridgehead atoms. The standard InChI is InChI=1S/C23H18ClN3O3S/c1-16(25-26-23(28)17-8-7-9-18(24)14-17)21-15-27(22-13-6-5-12-20(21)22)31(29,30)19-10-3-2-4-11-19/h2-15H,1H3,(H,26,28)/b25-16+. The fourth-order valence-electron chi connectivity index (χ4n) is 3.23. The van der Waals surface area contributed by atoms with E-state index in [1.54, 1.807) is 73.7 Å². The lowest BCUT2D eigenvalue weighted by atomic mass is 10.1. The van der Waals surface area contributed by atoms with Crippen LogP contribution in [0.15, 0.2) is 95.1 Å². The smallest absolute Gasteiger partial charge is 0.267 e. The molecule has 0 aliphatic rings. The molecule has 156 valence electrons. The van der Waals surface area contributed by atoms with Gasteiger partial charge in [-0.3, -0.25) is 4.79 Å². The van der Waals surface area contributed by atoms with Crippen molar-refractivity contribution in [2.45, 2.75) is 11.8 Å². The van der Waals surface area contributed by atoms with Gasteiger partial charge >= 0.3 is 0 Å². The molecule has 0 radical (unpaired) electrons. The lowest BCUT2D eigenvalue weighted by Crippen LogP contribution is -2.19. The Morgan fingerprint density at radius 1 is 0.968 bits per heavy atom. The molecule has 1 N–H and O–H groups in total. The molecule has 1 aromatic heterocycles. The molecule has 0 spiro atoms. The lowest BCUT2D eigenvalue weighted by Gasteiger charge is -2.07. The van der Waals surface area contributed by atoms with Gasteiger partial charge in [0.2, 0.25) is 0 Å². The second-order valence-electron chi connectivity index (χ2n) is 6.82. The van der Waals surface area contributed by atoms with Gasteiger partial charge in [-0.2, -0.15) is 5.10 Å². The van der Waals surface area contributed by atoms with Crippen molar-refractivity contribution in [1.29, 1.82) is 0 Å². The van der Waals surface area contributed by atoms with E-state index >= 15 is 0 Å². The number of benzene rings is 3. The quantitative estimate of drug-likeness (QED) is 0.353. The predicted octanol–water partition coefficient (Wildman–Crippen LogP) is 4.69. The minimum Gasteiger partial charge on any atom is -0.267 e. The number of carbonyl (C=O) groups excluding carboxylic acids is 1. The first kappa shape index (κ1) is 20.8. The molecule has 0 unspecified atom stereocenters. The van der Waals surface area contributed by atoms with Gasteiger partial charge in [-0.1, -0.05) is 54.1 Å². The molecule has 0 saturated carbocycles. The Bertz CT molecular complexity index is 1410. The van der Waals surface area contributed by atoms with Crippen LogP contribution in [0, 0.1) is 0 Å². The maximum absolute atomic E-state index is 13.2. The Labute approximate surface area is 184 Å². The summed E-state index contributed by atoms with van der Waals surface area (Å²) < 4.78 is 27.7. The first-order valence-corrected chi connectivity index (χ1v) is 11.2. The maximum Gasteiger partial charge on any atom is 0.271 e. The van der Waals surface area contributed by atoms with E-state index in [0.717, 1.165) is 0 Å². The summed E-state index contributed by atoms with van der Waals surface area (Å²) >= 11 is 5.93.